The number of nitrogens with zero attached hydrogens (tertiary/aromatic N) is 1. The average molecular weight is 252 g/mol. The van der Waals surface area contributed by atoms with Gasteiger partial charge in [0.25, 0.3) is 0 Å². The van der Waals surface area contributed by atoms with Crippen LogP contribution in [0.15, 0.2) is 48.7 Å². The van der Waals surface area contributed by atoms with E-state index in [-0.39, 0.29) is 6.42 Å². The van der Waals surface area contributed by atoms with E-state index in [1.807, 2.05) is 30.3 Å². The van der Waals surface area contributed by atoms with Gasteiger partial charge in [-0.25, -0.2) is 4.98 Å². The molecule has 2 aromatic carbocycles. The topological polar surface area (TPSA) is 66.0 Å². The Labute approximate surface area is 109 Å². The number of carboxylic acid groups (broad SMARTS) is 1. The van der Waals surface area contributed by atoms with Gasteiger partial charge in [-0.15, -0.1) is 0 Å². The van der Waals surface area contributed by atoms with Crippen molar-refractivity contribution in [2.75, 3.05) is 0 Å². The Bertz CT molecular complexity index is 746. The van der Waals surface area contributed by atoms with Gasteiger partial charge in [0.15, 0.2) is 0 Å². The number of imidazole rings is 1. The smallest absolute Gasteiger partial charge is 0.311 e. The van der Waals surface area contributed by atoms with Crippen LogP contribution in [-0.4, -0.2) is 21.0 Å². The molecule has 0 aliphatic rings. The lowest BCUT2D eigenvalue weighted by Gasteiger charge is -2.01. The molecule has 0 amide bonds. The molecule has 0 saturated carbocycles. The number of aromatic amines is 1. The van der Waals surface area contributed by atoms with Crippen LogP contribution in [0.2, 0.25) is 0 Å². The monoisotopic (exact) mass is 252 g/mol. The van der Waals surface area contributed by atoms with Crippen molar-refractivity contribution in [1.29, 1.82) is 0 Å². The van der Waals surface area contributed by atoms with Gasteiger partial charge in [0.1, 0.15) is 12.2 Å². The van der Waals surface area contributed by atoms with Gasteiger partial charge in [-0.05, 0) is 16.8 Å². The predicted octanol–water partition coefficient (Wildman–Crippen LogP) is 2.86. The number of aromatic nitrogens is 2. The second kappa shape index (κ2) is 4.57. The third kappa shape index (κ3) is 2.33. The summed E-state index contributed by atoms with van der Waals surface area (Å²) in [5.41, 5.74) is 1.84. The van der Waals surface area contributed by atoms with Crippen molar-refractivity contribution in [3.8, 4) is 11.3 Å². The maximum absolute atomic E-state index is 10.6. The molecule has 0 aliphatic carbocycles. The van der Waals surface area contributed by atoms with Gasteiger partial charge in [-0.1, -0.05) is 36.4 Å². The van der Waals surface area contributed by atoms with E-state index in [4.69, 9.17) is 5.11 Å². The predicted molar refractivity (Wildman–Crippen MR) is 72.9 cm³/mol. The zero-order chi connectivity index (χ0) is 13.2. The Morgan fingerprint density at radius 1 is 1.16 bits per heavy atom. The van der Waals surface area contributed by atoms with Crippen LogP contribution < -0.4 is 0 Å². The van der Waals surface area contributed by atoms with Crippen LogP contribution in [0.3, 0.4) is 0 Å². The van der Waals surface area contributed by atoms with E-state index in [0.29, 0.717) is 5.82 Å². The van der Waals surface area contributed by atoms with Crippen LogP contribution in [0.1, 0.15) is 5.82 Å². The third-order valence-electron chi connectivity index (χ3n) is 3.01. The number of benzene rings is 2. The average Bonchev–Trinajstić information content (AvgIpc) is 2.86. The van der Waals surface area contributed by atoms with Gasteiger partial charge in [0, 0.05) is 5.56 Å². The summed E-state index contributed by atoms with van der Waals surface area (Å²) in [6.45, 7) is 0. The molecule has 0 unspecified atom stereocenters. The molecule has 94 valence electrons. The standard InChI is InChI=1S/C15H12N2O2/c18-15(19)8-14-16-9-13(17-14)12-6-5-10-3-1-2-4-11(10)7-12/h1-7,9H,8H2,(H,16,17)(H,18,19). The molecular formula is C15H12N2O2. The third-order valence-corrected chi connectivity index (χ3v) is 3.01. The summed E-state index contributed by atoms with van der Waals surface area (Å²) in [5, 5.41) is 11.1. The summed E-state index contributed by atoms with van der Waals surface area (Å²) in [4.78, 5) is 17.7. The number of carbonyl (C=O) groups is 1. The van der Waals surface area contributed by atoms with Gasteiger partial charge in [-0.3, -0.25) is 4.79 Å². The Kier molecular flexibility index (Phi) is 2.76. The lowest BCUT2D eigenvalue weighted by molar-refractivity contribution is -0.136. The van der Waals surface area contributed by atoms with Crippen LogP contribution >= 0.6 is 0 Å². The second-order valence-electron chi connectivity index (χ2n) is 4.38. The maximum atomic E-state index is 10.6. The normalized spacial score (nSPS) is 10.7. The molecular weight excluding hydrogens is 240 g/mol. The zero-order valence-corrected chi connectivity index (χ0v) is 10.1. The lowest BCUT2D eigenvalue weighted by atomic mass is 10.1. The van der Waals surface area contributed by atoms with Crippen LogP contribution in [0.25, 0.3) is 22.0 Å². The van der Waals surface area contributed by atoms with Crippen LogP contribution in [-0.2, 0) is 11.2 Å². The highest BCUT2D eigenvalue weighted by Crippen LogP contribution is 2.23. The fourth-order valence-corrected chi connectivity index (χ4v) is 2.10. The summed E-state index contributed by atoms with van der Waals surface area (Å²) in [6, 6.07) is 14.2. The molecule has 1 aromatic heterocycles. The van der Waals surface area contributed by atoms with Crippen LogP contribution in [0, 0.1) is 0 Å². The van der Waals surface area contributed by atoms with Gasteiger partial charge in [-0.2, -0.15) is 0 Å². The minimum Gasteiger partial charge on any atom is -0.481 e. The number of hydrogen-bond acceptors (Lipinski definition) is 2. The lowest BCUT2D eigenvalue weighted by Crippen LogP contribution is -2.01. The fraction of sp³-hybridized carbons (Fsp3) is 0.0667. The number of aliphatic carboxylic acids is 1. The largest absolute Gasteiger partial charge is 0.481 e. The van der Waals surface area contributed by atoms with Gasteiger partial charge >= 0.3 is 5.97 Å². The first kappa shape index (κ1) is 11.5. The molecule has 0 fully saturated rings. The highest BCUT2D eigenvalue weighted by molar-refractivity contribution is 5.86. The molecule has 3 aromatic rings. The Hall–Kier alpha value is -2.62. The number of H-pyrrole nitrogens is 1. The van der Waals surface area contributed by atoms with E-state index in [1.165, 1.54) is 5.39 Å². The maximum Gasteiger partial charge on any atom is 0.311 e. The first-order chi connectivity index (χ1) is 9.22. The van der Waals surface area contributed by atoms with Crippen molar-refractivity contribution < 1.29 is 9.90 Å². The van der Waals surface area contributed by atoms with E-state index in [2.05, 4.69) is 22.1 Å². The van der Waals surface area contributed by atoms with Crippen molar-refractivity contribution in [3.05, 3.63) is 54.5 Å². The van der Waals surface area contributed by atoms with E-state index in [0.717, 1.165) is 16.6 Å². The number of nitrogens with one attached hydrogen (secondary N) is 1. The summed E-state index contributed by atoms with van der Waals surface area (Å²) in [5.74, 6) is -0.421. The summed E-state index contributed by atoms with van der Waals surface area (Å²) >= 11 is 0. The van der Waals surface area contributed by atoms with E-state index in [9.17, 15) is 4.79 Å². The number of hydrogen-bond donors (Lipinski definition) is 2. The SMILES string of the molecule is O=C(O)Cc1ncc(-c2ccc3ccccc3c2)[nH]1. The Balaban J connectivity index is 1.99. The molecule has 2 N–H and O–H groups in total. The molecule has 4 nitrogen and oxygen atoms in total. The quantitative estimate of drug-likeness (QED) is 0.753. The first-order valence-corrected chi connectivity index (χ1v) is 5.97. The van der Waals surface area contributed by atoms with Gasteiger partial charge < -0.3 is 10.1 Å². The fourth-order valence-electron chi connectivity index (χ4n) is 2.10. The molecule has 0 atom stereocenters. The van der Waals surface area contributed by atoms with Crippen LogP contribution in [0.4, 0.5) is 0 Å². The molecule has 19 heavy (non-hydrogen) atoms. The molecule has 1 heterocycles. The molecule has 3 rings (SSSR count). The van der Waals surface area contributed by atoms with Crippen molar-refractivity contribution in [1.82, 2.24) is 9.97 Å². The van der Waals surface area contributed by atoms with E-state index in [1.54, 1.807) is 6.20 Å². The molecule has 0 spiro atoms. The molecule has 0 radical (unpaired) electrons. The molecule has 0 saturated heterocycles. The molecule has 0 bridgehead atoms. The summed E-state index contributed by atoms with van der Waals surface area (Å²) in [6.07, 6.45) is 1.58. The minimum atomic E-state index is -0.889. The van der Waals surface area contributed by atoms with Crippen molar-refractivity contribution in [2.24, 2.45) is 0 Å². The van der Waals surface area contributed by atoms with Gasteiger partial charge in [0.2, 0.25) is 0 Å². The number of rotatable bonds is 3. The number of fused-ring (bicyclic) bond motifs is 1. The molecule has 0 aliphatic heterocycles. The van der Waals surface area contributed by atoms with Crippen molar-refractivity contribution >= 4 is 16.7 Å². The van der Waals surface area contributed by atoms with E-state index < -0.39 is 5.97 Å². The van der Waals surface area contributed by atoms with Gasteiger partial charge in [0.05, 0.1) is 11.9 Å². The van der Waals surface area contributed by atoms with Crippen molar-refractivity contribution in [3.63, 3.8) is 0 Å². The highest BCUT2D eigenvalue weighted by Gasteiger charge is 2.07. The van der Waals surface area contributed by atoms with Crippen LogP contribution in [0.5, 0.6) is 0 Å². The van der Waals surface area contributed by atoms with Crippen molar-refractivity contribution in [2.45, 2.75) is 6.42 Å². The number of carboxylic acids is 1. The molecule has 4 heteroatoms. The minimum absolute atomic E-state index is 0.0897. The Morgan fingerprint density at radius 3 is 2.74 bits per heavy atom. The first-order valence-electron chi connectivity index (χ1n) is 5.97. The highest BCUT2D eigenvalue weighted by atomic mass is 16.4. The summed E-state index contributed by atoms with van der Waals surface area (Å²) in [7, 11) is 0. The summed E-state index contributed by atoms with van der Waals surface area (Å²) < 4.78 is 0. The Morgan fingerprint density at radius 2 is 1.95 bits per heavy atom. The van der Waals surface area contributed by atoms with E-state index >= 15 is 0 Å². The second-order valence-corrected chi connectivity index (χ2v) is 4.38. The zero-order valence-electron chi connectivity index (χ0n) is 10.1.